The van der Waals surface area contributed by atoms with Gasteiger partial charge in [0.2, 0.25) is 0 Å². The fraction of sp³-hybridized carbons (Fsp3) is 0.208. The number of amides is 1. The molecule has 1 amide bonds. The predicted molar refractivity (Wildman–Crippen MR) is 126 cm³/mol. The number of aryl methyl sites for hydroxylation is 2. The lowest BCUT2D eigenvalue weighted by molar-refractivity contribution is 0.0690. The number of benzene rings is 2. The van der Waals surface area contributed by atoms with Crippen LogP contribution in [0.1, 0.15) is 55.7 Å². The Morgan fingerprint density at radius 1 is 1.21 bits per heavy atom. The average Bonchev–Trinajstić information content (AvgIpc) is 3.20. The molecule has 176 valence electrons. The normalized spacial score (nSPS) is 13.4. The number of rotatable bonds is 4. The summed E-state index contributed by atoms with van der Waals surface area (Å²) in [4.78, 5) is 33.3. The maximum absolute atomic E-state index is 13.1. The van der Waals surface area contributed by atoms with Crippen molar-refractivity contribution in [1.29, 1.82) is 0 Å². The highest BCUT2D eigenvalue weighted by Crippen LogP contribution is 2.31. The molecule has 1 atom stereocenters. The van der Waals surface area contributed by atoms with Gasteiger partial charge in [0.05, 0.1) is 6.57 Å². The van der Waals surface area contributed by atoms with Crippen LogP contribution in [0.5, 0.6) is 0 Å². The monoisotopic (exact) mass is 483 g/mol. The van der Waals surface area contributed by atoms with E-state index in [4.69, 9.17) is 17.4 Å². The number of carboxylic acids is 1. The van der Waals surface area contributed by atoms with Gasteiger partial charge >= 0.3 is 5.97 Å². The molecule has 4 rings (SSSR count). The van der Waals surface area contributed by atoms with Crippen molar-refractivity contribution in [3.05, 3.63) is 99.7 Å². The number of nitrogens with two attached hydrogens (primary N) is 1. The maximum Gasteiger partial charge on any atom is 0.354 e. The topological polar surface area (TPSA) is 123 Å². The summed E-state index contributed by atoms with van der Waals surface area (Å²) in [6.45, 7) is 8.67. The summed E-state index contributed by atoms with van der Waals surface area (Å²) in [5, 5.41) is 11.4. The second kappa shape index (κ2) is 11.8. The van der Waals surface area contributed by atoms with Gasteiger partial charge in [-0.1, -0.05) is 35.9 Å². The van der Waals surface area contributed by atoms with Gasteiger partial charge in [0.25, 0.3) is 5.91 Å². The van der Waals surface area contributed by atoms with Crippen LogP contribution < -0.4 is 11.1 Å². The number of nitrogens with zero attached hydrogens (tertiary/aromatic N) is 3. The smallest absolute Gasteiger partial charge is 0.354 e. The molecule has 0 fully saturated rings. The van der Waals surface area contributed by atoms with Gasteiger partial charge < -0.3 is 16.2 Å². The molecule has 1 aliphatic carbocycles. The zero-order valence-electron chi connectivity index (χ0n) is 18.3. The third-order valence-corrected chi connectivity index (χ3v) is 5.17. The standard InChI is InChI=1S/C14H12FN3O3.C10H10N2.ClH/c1-8-4-9(2-3-10(8)15)6-16-13(19)11-5-12(14(20)21)18-7-17-11;1-12-8-3-4-9-7(6-8)2-5-10(9)11;/h2-5,7H,6H2,1H3,(H,16,19)(H,20,21);3-4,6,10H,2,5,11H2;1H/t;10-;/m.0./s1. The lowest BCUT2D eigenvalue weighted by Gasteiger charge is -2.06. The predicted octanol–water partition coefficient (Wildman–Crippen LogP) is 4.16. The maximum atomic E-state index is 13.1. The highest BCUT2D eigenvalue weighted by molar-refractivity contribution is 5.94. The zero-order valence-corrected chi connectivity index (χ0v) is 19.1. The fourth-order valence-corrected chi connectivity index (χ4v) is 3.39. The van der Waals surface area contributed by atoms with Crippen LogP contribution in [0.3, 0.4) is 0 Å². The number of carbonyl (C=O) groups is 2. The molecule has 0 unspecified atom stereocenters. The highest BCUT2D eigenvalue weighted by atomic mass is 35.5. The van der Waals surface area contributed by atoms with Crippen LogP contribution in [0.4, 0.5) is 10.1 Å². The van der Waals surface area contributed by atoms with E-state index in [1.807, 2.05) is 18.2 Å². The number of carbonyl (C=O) groups excluding carboxylic acids is 1. The van der Waals surface area contributed by atoms with Crippen LogP contribution in [0.25, 0.3) is 4.85 Å². The molecular formula is C24H23ClFN5O3. The van der Waals surface area contributed by atoms with Gasteiger partial charge in [-0.3, -0.25) is 4.79 Å². The Morgan fingerprint density at radius 3 is 2.62 bits per heavy atom. The van der Waals surface area contributed by atoms with E-state index in [0.29, 0.717) is 5.56 Å². The first-order valence-electron chi connectivity index (χ1n) is 10.1. The van der Waals surface area contributed by atoms with Crippen molar-refractivity contribution < 1.29 is 19.1 Å². The van der Waals surface area contributed by atoms with E-state index in [2.05, 4.69) is 20.1 Å². The number of nitrogens with one attached hydrogen (secondary N) is 1. The van der Waals surface area contributed by atoms with Crippen molar-refractivity contribution in [2.24, 2.45) is 5.73 Å². The third kappa shape index (κ3) is 6.57. The van der Waals surface area contributed by atoms with Gasteiger partial charge in [-0.2, -0.15) is 0 Å². The number of fused-ring (bicyclic) bond motifs is 1. The van der Waals surface area contributed by atoms with Crippen LogP contribution in [0.15, 0.2) is 48.8 Å². The van der Waals surface area contributed by atoms with Gasteiger partial charge in [0, 0.05) is 18.7 Å². The minimum Gasteiger partial charge on any atom is -0.477 e. The number of halogens is 2. The minimum absolute atomic E-state index is 0. The largest absolute Gasteiger partial charge is 0.477 e. The molecule has 8 nitrogen and oxygen atoms in total. The molecule has 0 bridgehead atoms. The fourth-order valence-electron chi connectivity index (χ4n) is 3.39. The van der Waals surface area contributed by atoms with Crippen LogP contribution in [0.2, 0.25) is 0 Å². The van der Waals surface area contributed by atoms with Crippen molar-refractivity contribution in [2.45, 2.75) is 32.4 Å². The Kier molecular flexibility index (Phi) is 9.18. The third-order valence-electron chi connectivity index (χ3n) is 5.17. The molecule has 2 aromatic carbocycles. The second-order valence-corrected chi connectivity index (χ2v) is 7.50. The molecule has 0 saturated carbocycles. The first kappa shape index (κ1) is 26.4. The Morgan fingerprint density at radius 2 is 1.94 bits per heavy atom. The van der Waals surface area contributed by atoms with Crippen molar-refractivity contribution >= 4 is 30.0 Å². The van der Waals surface area contributed by atoms with Gasteiger partial charge in [0.15, 0.2) is 11.4 Å². The SMILES string of the molecule is Cc1cc(CNC(=O)c2cc(C(=O)O)ncn2)ccc1F.Cl.[C-]#[N+]c1ccc2c(c1)CC[C@@H]2N. The summed E-state index contributed by atoms with van der Waals surface area (Å²) in [7, 11) is 0. The molecule has 0 spiro atoms. The second-order valence-electron chi connectivity index (χ2n) is 7.50. The van der Waals surface area contributed by atoms with E-state index in [-0.39, 0.29) is 42.2 Å². The summed E-state index contributed by atoms with van der Waals surface area (Å²) in [5.41, 5.74) is 9.99. The van der Waals surface area contributed by atoms with Gasteiger partial charge in [0.1, 0.15) is 17.8 Å². The summed E-state index contributed by atoms with van der Waals surface area (Å²) in [6.07, 6.45) is 3.07. The molecule has 0 radical (unpaired) electrons. The first-order valence-corrected chi connectivity index (χ1v) is 10.1. The average molecular weight is 484 g/mol. The molecule has 1 aliphatic rings. The lowest BCUT2D eigenvalue weighted by atomic mass is 10.1. The quantitative estimate of drug-likeness (QED) is 0.479. The molecule has 1 aromatic heterocycles. The van der Waals surface area contributed by atoms with E-state index < -0.39 is 11.9 Å². The first-order chi connectivity index (χ1) is 15.8. The van der Waals surface area contributed by atoms with E-state index >= 15 is 0 Å². The Balaban J connectivity index is 0.000000266. The van der Waals surface area contributed by atoms with Crippen molar-refractivity contribution in [2.75, 3.05) is 0 Å². The van der Waals surface area contributed by atoms with Crippen molar-refractivity contribution in [3.8, 4) is 0 Å². The zero-order chi connectivity index (χ0) is 24.0. The van der Waals surface area contributed by atoms with E-state index in [1.54, 1.807) is 19.1 Å². The number of hydrogen-bond acceptors (Lipinski definition) is 5. The minimum atomic E-state index is -1.24. The van der Waals surface area contributed by atoms with Gasteiger partial charge in [-0.25, -0.2) is 24.0 Å². The molecule has 1 heterocycles. The van der Waals surface area contributed by atoms with Gasteiger partial charge in [-0.05, 0) is 42.5 Å². The number of hydrogen-bond donors (Lipinski definition) is 3. The Labute approximate surface area is 202 Å². The van der Waals surface area contributed by atoms with Gasteiger partial charge in [-0.15, -0.1) is 12.4 Å². The molecule has 10 heteroatoms. The lowest BCUT2D eigenvalue weighted by Crippen LogP contribution is -2.24. The number of aromatic carboxylic acids is 1. The summed E-state index contributed by atoms with van der Waals surface area (Å²) >= 11 is 0. The number of aromatic nitrogens is 2. The summed E-state index contributed by atoms with van der Waals surface area (Å²) < 4.78 is 13.1. The molecule has 0 saturated heterocycles. The van der Waals surface area contributed by atoms with E-state index in [0.717, 1.165) is 36.5 Å². The molecule has 3 aromatic rings. The molecule has 34 heavy (non-hydrogen) atoms. The van der Waals surface area contributed by atoms with Crippen LogP contribution in [-0.2, 0) is 13.0 Å². The molecular weight excluding hydrogens is 461 g/mol. The molecule has 0 aliphatic heterocycles. The van der Waals surface area contributed by atoms with Crippen molar-refractivity contribution in [1.82, 2.24) is 15.3 Å². The highest BCUT2D eigenvalue weighted by Gasteiger charge is 2.18. The van der Waals surface area contributed by atoms with Crippen LogP contribution in [-0.4, -0.2) is 27.0 Å². The molecule has 4 N–H and O–H groups in total. The van der Waals surface area contributed by atoms with Crippen LogP contribution >= 0.6 is 12.4 Å². The Bertz CT molecular complexity index is 1250. The summed E-state index contributed by atoms with van der Waals surface area (Å²) in [5.74, 6) is -2.07. The Hall–Kier alpha value is -3.87. The number of carboxylic acid groups (broad SMARTS) is 1. The van der Waals surface area contributed by atoms with Crippen LogP contribution in [0, 0.1) is 19.3 Å². The summed E-state index contributed by atoms with van der Waals surface area (Å²) in [6, 6.07) is 11.6. The van der Waals surface area contributed by atoms with E-state index in [1.165, 1.54) is 17.2 Å². The van der Waals surface area contributed by atoms with E-state index in [9.17, 15) is 14.0 Å². The van der Waals surface area contributed by atoms with Crippen molar-refractivity contribution in [3.63, 3.8) is 0 Å².